The Hall–Kier alpha value is -2.29. The maximum atomic E-state index is 13.3. The number of hydrogen-bond donors (Lipinski definition) is 3. The van der Waals surface area contributed by atoms with E-state index in [1.54, 1.807) is 46.8 Å². The Labute approximate surface area is 231 Å². The number of ether oxygens (including phenoxy) is 2. The van der Waals surface area contributed by atoms with Crippen LogP contribution in [0.15, 0.2) is 34.9 Å². The predicted octanol–water partition coefficient (Wildman–Crippen LogP) is 3.72. The molecule has 4 aliphatic rings. The van der Waals surface area contributed by atoms with Crippen LogP contribution in [0, 0.1) is 22.7 Å². The first-order valence-corrected chi connectivity index (χ1v) is 14.1. The predicted molar refractivity (Wildman–Crippen MR) is 144 cm³/mol. The Kier molecular flexibility index (Phi) is 7.58. The number of carbonyl (C=O) groups is 3. The van der Waals surface area contributed by atoms with Crippen molar-refractivity contribution in [2.45, 2.75) is 117 Å². The van der Waals surface area contributed by atoms with E-state index in [1.807, 2.05) is 13.0 Å². The van der Waals surface area contributed by atoms with Crippen LogP contribution in [0.3, 0.4) is 0 Å². The lowest BCUT2D eigenvalue weighted by atomic mass is 9.41. The number of Topliss-reactive ketones (excluding diaryl/α,β-unsaturated/α-hetero) is 1. The molecule has 4 rings (SSSR count). The molecule has 0 aliphatic heterocycles. The molecule has 0 saturated heterocycles. The van der Waals surface area contributed by atoms with Gasteiger partial charge >= 0.3 is 11.9 Å². The van der Waals surface area contributed by atoms with Crippen molar-refractivity contribution in [3.8, 4) is 0 Å². The second kappa shape index (κ2) is 9.96. The highest BCUT2D eigenvalue weighted by Gasteiger charge is 2.81. The van der Waals surface area contributed by atoms with Crippen LogP contribution in [0.4, 0.5) is 0 Å². The van der Waals surface area contributed by atoms with Gasteiger partial charge in [0, 0.05) is 28.4 Å². The minimum atomic E-state index is -1.79. The Morgan fingerprint density at radius 2 is 1.51 bits per heavy atom. The van der Waals surface area contributed by atoms with Crippen molar-refractivity contribution >= 4 is 17.7 Å². The highest BCUT2D eigenvalue weighted by molar-refractivity contribution is 5.89. The van der Waals surface area contributed by atoms with E-state index in [1.165, 1.54) is 6.92 Å². The van der Waals surface area contributed by atoms with Gasteiger partial charge in [-0.05, 0) is 78.6 Å². The maximum absolute atomic E-state index is 13.3. The Morgan fingerprint density at radius 3 is 2.08 bits per heavy atom. The van der Waals surface area contributed by atoms with Crippen LogP contribution in [0.1, 0.15) is 87.0 Å². The van der Waals surface area contributed by atoms with Gasteiger partial charge in [0.25, 0.3) is 0 Å². The number of fused-ring (bicyclic) bond motifs is 5. The molecule has 0 radical (unpaired) electrons. The number of aliphatic hydroxyl groups excluding tert-OH is 1. The molecule has 0 aromatic rings. The van der Waals surface area contributed by atoms with Crippen molar-refractivity contribution in [1.29, 1.82) is 0 Å². The quantitative estimate of drug-likeness (QED) is 0.271. The molecule has 216 valence electrons. The number of esters is 2. The van der Waals surface area contributed by atoms with Crippen LogP contribution in [0.2, 0.25) is 0 Å². The van der Waals surface area contributed by atoms with Gasteiger partial charge in [-0.15, -0.1) is 0 Å². The lowest BCUT2D eigenvalue weighted by molar-refractivity contribution is -0.333. The van der Waals surface area contributed by atoms with Crippen LogP contribution >= 0.6 is 0 Å². The van der Waals surface area contributed by atoms with Crippen LogP contribution < -0.4 is 0 Å². The molecule has 3 N–H and O–H groups in total. The van der Waals surface area contributed by atoms with E-state index >= 15 is 0 Å². The molecule has 0 aromatic heterocycles. The van der Waals surface area contributed by atoms with Crippen LogP contribution in [0.25, 0.3) is 0 Å². The van der Waals surface area contributed by atoms with E-state index in [0.29, 0.717) is 36.8 Å². The van der Waals surface area contributed by atoms with E-state index in [0.717, 1.165) is 5.57 Å². The molecule has 8 nitrogen and oxygen atoms in total. The summed E-state index contributed by atoms with van der Waals surface area (Å²) < 4.78 is 12.4. The third-order valence-electron chi connectivity index (χ3n) is 10.9. The SMILES string of the molecule is C/C=C(\C)C(=O)O[C@@H]1[C@@H](OC(=O)/C(C)=C/C)[C@]2(C)[C@H](C(C)=O)CC[C@]2(O)[C@]2(O)CCC3=C[C@@H](O)CC[C@]3(C)[C@@H]12. The summed E-state index contributed by atoms with van der Waals surface area (Å²) in [5.41, 5.74) is -4.09. The average molecular weight is 545 g/mol. The highest BCUT2D eigenvalue weighted by Crippen LogP contribution is 2.71. The molecule has 9 atom stereocenters. The summed E-state index contributed by atoms with van der Waals surface area (Å²) in [6.45, 7) is 11.8. The molecule has 0 aromatic carbocycles. The minimum absolute atomic E-state index is 0.143. The van der Waals surface area contributed by atoms with Gasteiger partial charge in [0.15, 0.2) is 0 Å². The number of ketones is 1. The molecule has 0 heterocycles. The zero-order valence-corrected chi connectivity index (χ0v) is 24.2. The van der Waals surface area contributed by atoms with Gasteiger partial charge in [-0.2, -0.15) is 0 Å². The Morgan fingerprint density at radius 1 is 0.923 bits per heavy atom. The first-order valence-electron chi connectivity index (χ1n) is 14.1. The van der Waals surface area contributed by atoms with Crippen LogP contribution in [-0.4, -0.2) is 62.6 Å². The zero-order chi connectivity index (χ0) is 29.1. The lowest BCUT2D eigenvalue weighted by Gasteiger charge is -2.68. The second-order valence-corrected chi connectivity index (χ2v) is 12.6. The van der Waals surface area contributed by atoms with Crippen LogP contribution in [0.5, 0.6) is 0 Å². The normalized spacial score (nSPS) is 43.9. The fraction of sp³-hybridized carbons (Fsp3) is 0.710. The topological polar surface area (TPSA) is 130 Å². The molecular weight excluding hydrogens is 500 g/mol. The molecule has 3 saturated carbocycles. The number of aliphatic hydroxyl groups is 3. The number of allylic oxidation sites excluding steroid dienone is 3. The van der Waals surface area contributed by atoms with E-state index < -0.39 is 64.1 Å². The first kappa shape index (κ1) is 29.7. The van der Waals surface area contributed by atoms with E-state index in [2.05, 4.69) is 0 Å². The van der Waals surface area contributed by atoms with Gasteiger partial charge in [0.05, 0.1) is 6.10 Å². The third-order valence-corrected chi connectivity index (χ3v) is 10.9. The Balaban J connectivity index is 2.01. The van der Waals surface area contributed by atoms with Crippen molar-refractivity contribution in [3.63, 3.8) is 0 Å². The van der Waals surface area contributed by atoms with Gasteiger partial charge in [0.2, 0.25) is 0 Å². The van der Waals surface area contributed by atoms with E-state index in [4.69, 9.17) is 9.47 Å². The van der Waals surface area contributed by atoms with Crippen LogP contribution in [-0.2, 0) is 23.9 Å². The van der Waals surface area contributed by atoms with Crippen molar-refractivity contribution in [1.82, 2.24) is 0 Å². The summed E-state index contributed by atoms with van der Waals surface area (Å²) in [7, 11) is 0. The minimum Gasteiger partial charge on any atom is -0.455 e. The lowest BCUT2D eigenvalue weighted by Crippen LogP contribution is -2.80. The highest BCUT2D eigenvalue weighted by atomic mass is 16.6. The second-order valence-electron chi connectivity index (χ2n) is 12.6. The molecule has 4 aliphatic carbocycles. The zero-order valence-electron chi connectivity index (χ0n) is 24.2. The van der Waals surface area contributed by atoms with Crippen molar-refractivity contribution in [2.24, 2.45) is 22.7 Å². The van der Waals surface area contributed by atoms with Gasteiger partial charge < -0.3 is 24.8 Å². The van der Waals surface area contributed by atoms with Crippen molar-refractivity contribution in [3.05, 3.63) is 34.9 Å². The van der Waals surface area contributed by atoms with Crippen molar-refractivity contribution in [2.75, 3.05) is 0 Å². The fourth-order valence-corrected chi connectivity index (χ4v) is 8.39. The summed E-state index contributed by atoms with van der Waals surface area (Å²) in [5, 5.41) is 35.8. The molecule has 0 spiro atoms. The van der Waals surface area contributed by atoms with E-state index in [-0.39, 0.29) is 18.6 Å². The molecule has 8 heteroatoms. The van der Waals surface area contributed by atoms with Gasteiger partial charge in [-0.1, -0.05) is 37.6 Å². The summed E-state index contributed by atoms with van der Waals surface area (Å²) in [4.78, 5) is 39.7. The number of carbonyl (C=O) groups excluding carboxylic acids is 3. The molecule has 3 fully saturated rings. The molecule has 0 bridgehead atoms. The van der Waals surface area contributed by atoms with Crippen molar-refractivity contribution < 1.29 is 39.2 Å². The monoisotopic (exact) mass is 544 g/mol. The molecule has 0 unspecified atom stereocenters. The number of hydrogen-bond acceptors (Lipinski definition) is 8. The average Bonchev–Trinajstić information content (AvgIpc) is 3.18. The van der Waals surface area contributed by atoms with Gasteiger partial charge in [-0.25, -0.2) is 9.59 Å². The maximum Gasteiger partial charge on any atom is 0.333 e. The number of rotatable bonds is 5. The summed E-state index contributed by atoms with van der Waals surface area (Å²) in [6.07, 6.45) is 4.05. The summed E-state index contributed by atoms with van der Waals surface area (Å²) in [5.74, 6) is -3.00. The molecule has 0 amide bonds. The standard InChI is InChI=1S/C31H44O8/c1-8-17(3)26(34)38-23-24-28(6)13-11-21(33)16-20(28)10-14-30(24,36)31(37)15-12-22(19(5)32)29(31,7)25(23)39-27(35)18(4)9-2/h8-9,16,21-25,33,36-37H,10-15H2,1-7H3/b17-8+,18-9+/t21-,22-,23-,24+,25+,28-,29-,30-,31+/m0/s1. The largest absolute Gasteiger partial charge is 0.455 e. The first-order chi connectivity index (χ1) is 18.1. The van der Waals surface area contributed by atoms with Gasteiger partial charge in [0.1, 0.15) is 29.2 Å². The van der Waals surface area contributed by atoms with E-state index in [9.17, 15) is 29.7 Å². The molecular formula is C31H44O8. The Bertz CT molecular complexity index is 1150. The third kappa shape index (κ3) is 4.08. The fourth-order valence-electron chi connectivity index (χ4n) is 8.39. The molecule has 39 heavy (non-hydrogen) atoms. The van der Waals surface area contributed by atoms with Gasteiger partial charge in [-0.3, -0.25) is 4.79 Å². The summed E-state index contributed by atoms with van der Waals surface area (Å²) in [6, 6.07) is 0. The smallest absolute Gasteiger partial charge is 0.333 e. The summed E-state index contributed by atoms with van der Waals surface area (Å²) >= 11 is 0.